The molecule has 0 atom stereocenters. The first kappa shape index (κ1) is 12.9. The average molecular weight is 316 g/mol. The molecule has 0 unspecified atom stereocenters. The number of nitrogens with one attached hydrogen (secondary N) is 2. The molecule has 116 valence electrons. The van der Waals surface area contributed by atoms with Crippen LogP contribution in [0.25, 0.3) is 45.0 Å². The van der Waals surface area contributed by atoms with Crippen molar-refractivity contribution >= 4 is 22.2 Å². The molecule has 0 aliphatic carbocycles. The largest absolute Gasteiger partial charge is 0.335 e. The summed E-state index contributed by atoms with van der Waals surface area (Å²) < 4.78 is 1.75. The van der Waals surface area contributed by atoms with Gasteiger partial charge in [-0.25, -0.2) is 15.0 Å². The van der Waals surface area contributed by atoms with Crippen LogP contribution in [0, 0.1) is 0 Å². The summed E-state index contributed by atoms with van der Waals surface area (Å²) in [7, 11) is 1.88. The monoisotopic (exact) mass is 316 g/mol. The zero-order valence-corrected chi connectivity index (χ0v) is 12.7. The average Bonchev–Trinajstić information content (AvgIpc) is 3.30. The highest BCUT2D eigenvalue weighted by Gasteiger charge is 2.15. The summed E-state index contributed by atoms with van der Waals surface area (Å²) in [6.07, 6.45) is 5.44. The highest BCUT2D eigenvalue weighted by atomic mass is 15.2. The van der Waals surface area contributed by atoms with Gasteiger partial charge in [-0.15, -0.1) is 0 Å². The first-order valence-corrected chi connectivity index (χ1v) is 7.43. The van der Waals surface area contributed by atoms with Gasteiger partial charge in [-0.2, -0.15) is 10.2 Å². The number of aromatic nitrogens is 8. The van der Waals surface area contributed by atoms with Crippen molar-refractivity contribution in [3.05, 3.63) is 42.9 Å². The molecule has 0 aliphatic heterocycles. The number of H-pyrrole nitrogens is 2. The molecular weight excluding hydrogens is 304 g/mol. The third-order valence-corrected chi connectivity index (χ3v) is 3.89. The number of aryl methyl sites for hydroxylation is 1. The van der Waals surface area contributed by atoms with Crippen LogP contribution in [0.15, 0.2) is 42.9 Å². The van der Waals surface area contributed by atoms with Gasteiger partial charge in [0.2, 0.25) is 0 Å². The third-order valence-electron chi connectivity index (χ3n) is 3.89. The van der Waals surface area contributed by atoms with Crippen LogP contribution in [0.5, 0.6) is 0 Å². The summed E-state index contributed by atoms with van der Waals surface area (Å²) in [5.74, 6) is 0.644. The minimum atomic E-state index is 0.644. The Bertz CT molecular complexity index is 1150. The normalized spacial score (nSPS) is 11.5. The SMILES string of the molecule is Cn1cc(-c2ccc3[nH]nc(-c4nc5ncccc5[nH]4)c3n2)cn1. The van der Waals surface area contributed by atoms with Crippen LogP contribution in [-0.2, 0) is 7.05 Å². The molecule has 5 heterocycles. The van der Waals surface area contributed by atoms with Crippen LogP contribution in [0.4, 0.5) is 0 Å². The molecule has 0 fully saturated rings. The Morgan fingerprint density at radius 3 is 2.88 bits per heavy atom. The molecule has 0 aromatic carbocycles. The number of fused-ring (bicyclic) bond motifs is 2. The Balaban J connectivity index is 1.70. The highest BCUT2D eigenvalue weighted by Crippen LogP contribution is 2.26. The van der Waals surface area contributed by atoms with Crippen LogP contribution in [-0.4, -0.2) is 39.9 Å². The number of nitrogens with zero attached hydrogens (tertiary/aromatic N) is 6. The smallest absolute Gasteiger partial charge is 0.178 e. The Hall–Kier alpha value is -3.55. The number of hydrogen-bond donors (Lipinski definition) is 2. The summed E-state index contributed by atoms with van der Waals surface area (Å²) in [6, 6.07) is 7.71. The standard InChI is InChI=1S/C16H12N8/c1-24-8-9(7-18-24)10-4-5-11-13(19-10)14(23-22-11)16-20-12-3-2-6-17-15(12)21-16/h2-8H,1H3,(H,22,23)(H,17,20,21). The van der Waals surface area contributed by atoms with Crippen LogP contribution in [0.2, 0.25) is 0 Å². The number of rotatable bonds is 2. The zero-order valence-electron chi connectivity index (χ0n) is 12.7. The summed E-state index contributed by atoms with van der Waals surface area (Å²) in [4.78, 5) is 16.7. The van der Waals surface area contributed by atoms with Gasteiger partial charge in [0, 0.05) is 25.0 Å². The maximum absolute atomic E-state index is 4.74. The quantitative estimate of drug-likeness (QED) is 0.520. The van der Waals surface area contributed by atoms with Crippen LogP contribution in [0.1, 0.15) is 0 Å². The van der Waals surface area contributed by atoms with Gasteiger partial charge in [0.1, 0.15) is 5.52 Å². The predicted octanol–water partition coefficient (Wildman–Crippen LogP) is 2.30. The fraction of sp³-hybridized carbons (Fsp3) is 0.0625. The Morgan fingerprint density at radius 1 is 1.08 bits per heavy atom. The Labute approximate surface area is 135 Å². The molecule has 5 aromatic rings. The molecule has 0 aliphatic rings. The molecule has 5 aromatic heterocycles. The van der Waals surface area contributed by atoms with E-state index in [1.807, 2.05) is 37.5 Å². The van der Waals surface area contributed by atoms with Crippen molar-refractivity contribution in [1.82, 2.24) is 39.9 Å². The minimum absolute atomic E-state index is 0.644. The second-order valence-electron chi connectivity index (χ2n) is 5.53. The van der Waals surface area contributed by atoms with Crippen molar-refractivity contribution in [3.8, 4) is 22.8 Å². The maximum atomic E-state index is 4.74. The molecule has 5 rings (SSSR count). The number of pyridine rings is 2. The van der Waals surface area contributed by atoms with Gasteiger partial charge < -0.3 is 4.98 Å². The molecule has 0 saturated heterocycles. The minimum Gasteiger partial charge on any atom is -0.335 e. The molecule has 24 heavy (non-hydrogen) atoms. The molecule has 0 amide bonds. The molecule has 2 N–H and O–H groups in total. The Kier molecular flexibility index (Phi) is 2.55. The van der Waals surface area contributed by atoms with Crippen molar-refractivity contribution in [3.63, 3.8) is 0 Å². The van der Waals surface area contributed by atoms with E-state index in [0.717, 1.165) is 27.8 Å². The lowest BCUT2D eigenvalue weighted by Crippen LogP contribution is -1.87. The van der Waals surface area contributed by atoms with Crippen molar-refractivity contribution in [1.29, 1.82) is 0 Å². The summed E-state index contributed by atoms with van der Waals surface area (Å²) in [5.41, 5.74) is 5.61. The molecule has 0 saturated carbocycles. The lowest BCUT2D eigenvalue weighted by molar-refractivity contribution is 0.768. The van der Waals surface area contributed by atoms with Gasteiger partial charge in [0.15, 0.2) is 17.2 Å². The van der Waals surface area contributed by atoms with Crippen molar-refractivity contribution < 1.29 is 0 Å². The van der Waals surface area contributed by atoms with E-state index >= 15 is 0 Å². The highest BCUT2D eigenvalue weighted by molar-refractivity contribution is 5.90. The van der Waals surface area contributed by atoms with Crippen molar-refractivity contribution in [2.75, 3.05) is 0 Å². The van der Waals surface area contributed by atoms with Gasteiger partial charge in [-0.3, -0.25) is 9.78 Å². The van der Waals surface area contributed by atoms with E-state index in [-0.39, 0.29) is 0 Å². The lowest BCUT2D eigenvalue weighted by atomic mass is 10.2. The first-order chi connectivity index (χ1) is 11.8. The van der Waals surface area contributed by atoms with E-state index in [1.165, 1.54) is 0 Å². The van der Waals surface area contributed by atoms with E-state index in [1.54, 1.807) is 17.1 Å². The molecule has 0 spiro atoms. The first-order valence-electron chi connectivity index (χ1n) is 7.43. The molecule has 0 bridgehead atoms. The summed E-state index contributed by atoms with van der Waals surface area (Å²) in [5, 5.41) is 11.6. The third kappa shape index (κ3) is 1.89. The van der Waals surface area contributed by atoms with E-state index in [2.05, 4.69) is 30.2 Å². The van der Waals surface area contributed by atoms with Crippen molar-refractivity contribution in [2.24, 2.45) is 7.05 Å². The van der Waals surface area contributed by atoms with E-state index in [9.17, 15) is 0 Å². The Morgan fingerprint density at radius 2 is 2.04 bits per heavy atom. The van der Waals surface area contributed by atoms with Gasteiger partial charge in [0.05, 0.1) is 22.9 Å². The fourth-order valence-electron chi connectivity index (χ4n) is 2.74. The number of hydrogen-bond acceptors (Lipinski definition) is 5. The molecule has 0 radical (unpaired) electrons. The van der Waals surface area contributed by atoms with Gasteiger partial charge in [-0.1, -0.05) is 0 Å². The summed E-state index contributed by atoms with van der Waals surface area (Å²) in [6.45, 7) is 0. The topological polar surface area (TPSA) is 101 Å². The van der Waals surface area contributed by atoms with E-state index in [4.69, 9.17) is 4.98 Å². The van der Waals surface area contributed by atoms with Gasteiger partial charge in [-0.05, 0) is 24.3 Å². The fourth-order valence-corrected chi connectivity index (χ4v) is 2.74. The second kappa shape index (κ2) is 4.72. The summed E-state index contributed by atoms with van der Waals surface area (Å²) >= 11 is 0. The van der Waals surface area contributed by atoms with Crippen molar-refractivity contribution in [2.45, 2.75) is 0 Å². The van der Waals surface area contributed by atoms with Gasteiger partial charge >= 0.3 is 0 Å². The zero-order chi connectivity index (χ0) is 16.1. The maximum Gasteiger partial charge on any atom is 0.178 e. The van der Waals surface area contributed by atoms with Crippen LogP contribution < -0.4 is 0 Å². The molecule has 8 nitrogen and oxygen atoms in total. The second-order valence-corrected chi connectivity index (χ2v) is 5.53. The van der Waals surface area contributed by atoms with Crippen LogP contribution >= 0.6 is 0 Å². The number of aromatic amines is 2. The van der Waals surface area contributed by atoms with Gasteiger partial charge in [0.25, 0.3) is 0 Å². The molecule has 8 heteroatoms. The predicted molar refractivity (Wildman–Crippen MR) is 89.0 cm³/mol. The van der Waals surface area contributed by atoms with Crippen LogP contribution in [0.3, 0.4) is 0 Å². The van der Waals surface area contributed by atoms with E-state index in [0.29, 0.717) is 17.2 Å². The molecular formula is C16H12N8. The van der Waals surface area contributed by atoms with E-state index < -0.39 is 0 Å². The number of imidazole rings is 1. The lowest BCUT2D eigenvalue weighted by Gasteiger charge is -1.97.